The van der Waals surface area contributed by atoms with Crippen LogP contribution in [-0.2, 0) is 0 Å². The molecule has 0 spiro atoms. The maximum atomic E-state index is 13.7. The summed E-state index contributed by atoms with van der Waals surface area (Å²) in [5.41, 5.74) is 13.4. The van der Waals surface area contributed by atoms with Crippen LogP contribution in [0.25, 0.3) is 27.6 Å². The summed E-state index contributed by atoms with van der Waals surface area (Å²) in [7, 11) is 0. The van der Waals surface area contributed by atoms with Crippen LogP contribution >= 0.6 is 0 Å². The number of hydrogen-bond donors (Lipinski definition) is 2. The number of carbonyl (C=O) groups excluding carboxylic acids is 1. The van der Waals surface area contributed by atoms with Gasteiger partial charge in [0.2, 0.25) is 0 Å². The molecular weight excluding hydrogens is 376 g/mol. The number of nitrogens with zero attached hydrogens (tertiary/aromatic N) is 3. The fourth-order valence-electron chi connectivity index (χ4n) is 2.88. The fraction of sp³-hybridized carbons (Fsp3) is 0.0476. The molecule has 2 aromatic heterocycles. The second-order valence-electron chi connectivity index (χ2n) is 6.17. The van der Waals surface area contributed by atoms with Crippen LogP contribution in [0.1, 0.15) is 21.7 Å². The van der Waals surface area contributed by atoms with Crippen molar-refractivity contribution in [1.82, 2.24) is 15.0 Å². The maximum Gasteiger partial charge on any atom is 0.252 e. The van der Waals surface area contributed by atoms with Gasteiger partial charge in [0.1, 0.15) is 18.0 Å². The van der Waals surface area contributed by atoms with E-state index in [1.54, 1.807) is 18.2 Å². The van der Waals surface area contributed by atoms with Gasteiger partial charge in [-0.2, -0.15) is 0 Å². The van der Waals surface area contributed by atoms with Gasteiger partial charge in [-0.05, 0) is 42.8 Å². The van der Waals surface area contributed by atoms with E-state index in [0.29, 0.717) is 16.6 Å². The van der Waals surface area contributed by atoms with Crippen LogP contribution in [0.5, 0.6) is 0 Å². The molecule has 29 heavy (non-hydrogen) atoms. The number of primary amides is 1. The number of hydrogen-bond acceptors (Lipinski definition) is 5. The summed E-state index contributed by atoms with van der Waals surface area (Å²) < 4.78 is 27.4. The molecule has 0 aliphatic rings. The minimum atomic E-state index is -0.790. The Morgan fingerprint density at radius 3 is 2.66 bits per heavy atom. The first-order chi connectivity index (χ1) is 13.8. The molecule has 0 saturated heterocycles. The summed E-state index contributed by atoms with van der Waals surface area (Å²) in [6.07, 6.45) is 3.51. The Hall–Kier alpha value is -3.94. The number of rotatable bonds is 5. The van der Waals surface area contributed by atoms with Crippen LogP contribution in [0.15, 0.2) is 61.5 Å². The zero-order valence-corrected chi connectivity index (χ0v) is 15.5. The molecule has 0 atom stereocenters. The van der Waals surface area contributed by atoms with Gasteiger partial charge in [0.15, 0.2) is 0 Å². The average Bonchev–Trinajstić information content (AvgIpc) is 2.71. The summed E-state index contributed by atoms with van der Waals surface area (Å²) in [5, 5.41) is 0.756. The van der Waals surface area contributed by atoms with Crippen LogP contribution in [-0.4, -0.2) is 20.9 Å². The number of aryl methyl sites for hydroxylation is 1. The van der Waals surface area contributed by atoms with Crippen molar-refractivity contribution in [2.75, 3.05) is 5.73 Å². The van der Waals surface area contributed by atoms with Crippen molar-refractivity contribution in [3.63, 3.8) is 0 Å². The second-order valence-corrected chi connectivity index (χ2v) is 6.17. The summed E-state index contributed by atoms with van der Waals surface area (Å²) in [5.74, 6) is -1.74. The Balaban J connectivity index is 2.34. The van der Waals surface area contributed by atoms with Gasteiger partial charge in [-0.3, -0.25) is 4.79 Å². The minimum Gasteiger partial charge on any atom is -0.383 e. The van der Waals surface area contributed by atoms with E-state index in [1.807, 2.05) is 6.92 Å². The third-order valence-corrected chi connectivity index (χ3v) is 4.34. The molecule has 0 bridgehead atoms. The van der Waals surface area contributed by atoms with E-state index < -0.39 is 11.7 Å². The number of halogens is 2. The Morgan fingerprint density at radius 2 is 2.00 bits per heavy atom. The van der Waals surface area contributed by atoms with E-state index in [-0.39, 0.29) is 29.0 Å². The van der Waals surface area contributed by atoms with E-state index in [2.05, 4.69) is 21.5 Å². The second kappa shape index (κ2) is 7.97. The molecular formula is C21H17F2N5O. The molecule has 0 unspecified atom stereocenters. The number of nitrogens with two attached hydrogens (primary N) is 2. The standard InChI is InChI=1S/C21H17F2N5O/c1-3-14(23)6-13(9-22)19-16(8-17(21(25)29)20(24)28-19)12-4-5-18-15(7-12)11(2)26-10-27-18/h3-10H,1H2,2H3,(H2,24,28)(H2,25,29)/b13-9+,14-6+. The van der Waals surface area contributed by atoms with Crippen molar-refractivity contribution in [2.45, 2.75) is 6.92 Å². The van der Waals surface area contributed by atoms with Crippen molar-refractivity contribution >= 4 is 28.2 Å². The molecule has 0 fully saturated rings. The van der Waals surface area contributed by atoms with Crippen molar-refractivity contribution in [3.05, 3.63) is 78.4 Å². The molecule has 3 aromatic rings. The van der Waals surface area contributed by atoms with E-state index >= 15 is 0 Å². The van der Waals surface area contributed by atoms with Gasteiger partial charge >= 0.3 is 0 Å². The molecule has 0 radical (unpaired) electrons. The first-order valence-electron chi connectivity index (χ1n) is 8.48. The zero-order chi connectivity index (χ0) is 21.1. The van der Waals surface area contributed by atoms with Gasteiger partial charge in [-0.1, -0.05) is 12.6 Å². The lowest BCUT2D eigenvalue weighted by Crippen LogP contribution is -2.15. The SMILES string of the molecule is C=C/C(F)=C\C(=C/F)c1nc(N)c(C(N)=O)cc1-c1ccc2ncnc(C)c2c1. The van der Waals surface area contributed by atoms with Gasteiger partial charge in [-0.25, -0.2) is 23.7 Å². The molecule has 1 aromatic carbocycles. The number of nitrogen functional groups attached to an aromatic ring is 1. The predicted octanol–water partition coefficient (Wildman–Crippen LogP) is 4.03. The van der Waals surface area contributed by atoms with Gasteiger partial charge < -0.3 is 11.5 Å². The zero-order valence-electron chi connectivity index (χ0n) is 15.5. The third-order valence-electron chi connectivity index (χ3n) is 4.34. The first-order valence-corrected chi connectivity index (χ1v) is 8.48. The molecule has 6 nitrogen and oxygen atoms in total. The number of fused-ring (bicyclic) bond motifs is 1. The average molecular weight is 393 g/mol. The quantitative estimate of drug-likeness (QED) is 0.636. The van der Waals surface area contributed by atoms with Crippen molar-refractivity contribution in [2.24, 2.45) is 5.73 Å². The van der Waals surface area contributed by atoms with E-state index in [0.717, 1.165) is 23.2 Å². The molecule has 0 aliphatic heterocycles. The van der Waals surface area contributed by atoms with E-state index in [4.69, 9.17) is 11.5 Å². The molecule has 4 N–H and O–H groups in total. The Bertz CT molecular complexity index is 1200. The van der Waals surface area contributed by atoms with Crippen LogP contribution in [0.3, 0.4) is 0 Å². The Labute approximate surface area is 165 Å². The molecule has 1 amide bonds. The lowest BCUT2D eigenvalue weighted by molar-refractivity contribution is 0.100. The summed E-state index contributed by atoms with van der Waals surface area (Å²) in [4.78, 5) is 24.2. The van der Waals surface area contributed by atoms with Crippen LogP contribution < -0.4 is 11.5 Å². The molecule has 146 valence electrons. The van der Waals surface area contributed by atoms with E-state index in [9.17, 15) is 13.6 Å². The molecule has 8 heteroatoms. The minimum absolute atomic E-state index is 0.0312. The predicted molar refractivity (Wildman–Crippen MR) is 109 cm³/mol. The largest absolute Gasteiger partial charge is 0.383 e. The highest BCUT2D eigenvalue weighted by atomic mass is 19.1. The van der Waals surface area contributed by atoms with Gasteiger partial charge in [-0.15, -0.1) is 0 Å². The number of benzene rings is 1. The monoisotopic (exact) mass is 393 g/mol. The van der Waals surface area contributed by atoms with Crippen LogP contribution in [0, 0.1) is 6.92 Å². The Morgan fingerprint density at radius 1 is 1.24 bits per heavy atom. The lowest BCUT2D eigenvalue weighted by atomic mass is 9.96. The van der Waals surface area contributed by atoms with Crippen molar-refractivity contribution in [3.8, 4) is 11.1 Å². The highest BCUT2D eigenvalue weighted by Gasteiger charge is 2.18. The topological polar surface area (TPSA) is 108 Å². The van der Waals surface area contributed by atoms with E-state index in [1.165, 1.54) is 12.4 Å². The van der Waals surface area contributed by atoms with Gasteiger partial charge in [0.05, 0.1) is 23.1 Å². The number of aromatic nitrogens is 3. The maximum absolute atomic E-state index is 13.7. The van der Waals surface area contributed by atoms with Crippen molar-refractivity contribution < 1.29 is 13.6 Å². The molecule has 3 rings (SSSR count). The molecule has 0 saturated carbocycles. The number of pyridine rings is 1. The van der Waals surface area contributed by atoms with Gasteiger partial charge in [0, 0.05) is 22.2 Å². The number of amides is 1. The van der Waals surface area contributed by atoms with Crippen LogP contribution in [0.4, 0.5) is 14.6 Å². The summed E-state index contributed by atoms with van der Waals surface area (Å²) in [6, 6.07) is 6.65. The Kier molecular flexibility index (Phi) is 5.45. The normalized spacial score (nSPS) is 12.2. The van der Waals surface area contributed by atoms with Crippen LogP contribution in [0.2, 0.25) is 0 Å². The van der Waals surface area contributed by atoms with Crippen molar-refractivity contribution in [1.29, 1.82) is 0 Å². The number of allylic oxidation sites excluding steroid dienone is 4. The summed E-state index contributed by atoms with van der Waals surface area (Å²) in [6.45, 7) is 5.13. The lowest BCUT2D eigenvalue weighted by Gasteiger charge is -2.14. The molecule has 0 aliphatic carbocycles. The van der Waals surface area contributed by atoms with Gasteiger partial charge in [0.25, 0.3) is 5.91 Å². The highest BCUT2D eigenvalue weighted by molar-refractivity contribution is 6.00. The number of carbonyl (C=O) groups is 1. The number of anilines is 1. The third kappa shape index (κ3) is 3.86. The summed E-state index contributed by atoms with van der Waals surface area (Å²) >= 11 is 0. The fourth-order valence-corrected chi connectivity index (χ4v) is 2.88. The molecule has 2 heterocycles. The smallest absolute Gasteiger partial charge is 0.252 e. The highest BCUT2D eigenvalue weighted by Crippen LogP contribution is 2.33. The first kappa shape index (κ1) is 19.8.